The summed E-state index contributed by atoms with van der Waals surface area (Å²) in [6, 6.07) is 0. The number of hydrogen-bond donors (Lipinski definition) is 1. The quantitative estimate of drug-likeness (QED) is 0.688. The molecule has 0 spiro atoms. The second kappa shape index (κ2) is 8.08. The maximum absolute atomic E-state index is 9.89. The molecule has 0 saturated heterocycles. The average molecular weight is 230 g/mol. The molecule has 0 aliphatic rings. The van der Waals surface area contributed by atoms with Gasteiger partial charge in [0.15, 0.2) is 0 Å². The molecule has 0 aromatic rings. The summed E-state index contributed by atoms with van der Waals surface area (Å²) >= 11 is 0. The first-order valence-corrected chi connectivity index (χ1v) is 6.71. The molecule has 0 saturated carbocycles. The van der Waals surface area contributed by atoms with Crippen LogP contribution in [-0.4, -0.2) is 23.4 Å². The van der Waals surface area contributed by atoms with Gasteiger partial charge in [0.2, 0.25) is 0 Å². The molecule has 1 N–H and O–H groups in total. The highest BCUT2D eigenvalue weighted by Crippen LogP contribution is 2.19. The summed E-state index contributed by atoms with van der Waals surface area (Å²) in [6.45, 7) is 11.0. The SMILES string of the molecule is CCCCC(CC)CC(O)COC(C)(C)C. The summed E-state index contributed by atoms with van der Waals surface area (Å²) in [5.74, 6) is 0.651. The van der Waals surface area contributed by atoms with Gasteiger partial charge in [-0.1, -0.05) is 39.5 Å². The van der Waals surface area contributed by atoms with Crippen LogP contribution in [0.1, 0.15) is 66.7 Å². The van der Waals surface area contributed by atoms with Crippen LogP contribution in [0.2, 0.25) is 0 Å². The first kappa shape index (κ1) is 15.9. The lowest BCUT2D eigenvalue weighted by Crippen LogP contribution is -2.27. The maximum Gasteiger partial charge on any atom is 0.0776 e. The van der Waals surface area contributed by atoms with Crippen molar-refractivity contribution >= 4 is 0 Å². The average Bonchev–Trinajstić information content (AvgIpc) is 2.20. The van der Waals surface area contributed by atoms with Gasteiger partial charge in [-0.25, -0.2) is 0 Å². The Hall–Kier alpha value is -0.0800. The molecule has 0 fully saturated rings. The Morgan fingerprint density at radius 3 is 2.25 bits per heavy atom. The van der Waals surface area contributed by atoms with Gasteiger partial charge in [-0.3, -0.25) is 0 Å². The van der Waals surface area contributed by atoms with E-state index in [4.69, 9.17) is 4.74 Å². The molecule has 0 aromatic heterocycles. The van der Waals surface area contributed by atoms with E-state index in [0.29, 0.717) is 12.5 Å². The van der Waals surface area contributed by atoms with Crippen molar-refractivity contribution < 1.29 is 9.84 Å². The second-order valence-electron chi connectivity index (χ2n) is 5.73. The fourth-order valence-corrected chi connectivity index (χ4v) is 1.78. The summed E-state index contributed by atoms with van der Waals surface area (Å²) < 4.78 is 5.59. The highest BCUT2D eigenvalue weighted by Gasteiger charge is 2.16. The standard InChI is InChI=1S/C14H30O2/c1-6-8-9-12(7-2)10-13(15)11-16-14(3,4)5/h12-13,15H,6-11H2,1-5H3. The molecule has 2 unspecified atom stereocenters. The summed E-state index contributed by atoms with van der Waals surface area (Å²) in [6.07, 6.45) is 5.48. The fraction of sp³-hybridized carbons (Fsp3) is 1.00. The zero-order valence-corrected chi connectivity index (χ0v) is 11.8. The van der Waals surface area contributed by atoms with Gasteiger partial charge in [0.05, 0.1) is 18.3 Å². The molecular formula is C14H30O2. The molecule has 0 amide bonds. The van der Waals surface area contributed by atoms with Crippen LogP contribution < -0.4 is 0 Å². The Balaban J connectivity index is 3.77. The lowest BCUT2D eigenvalue weighted by molar-refractivity contribution is -0.0545. The molecule has 0 bridgehead atoms. The van der Waals surface area contributed by atoms with Crippen LogP contribution in [0, 0.1) is 5.92 Å². The molecule has 0 radical (unpaired) electrons. The van der Waals surface area contributed by atoms with Crippen LogP contribution in [0.5, 0.6) is 0 Å². The summed E-state index contributed by atoms with van der Waals surface area (Å²) in [5, 5.41) is 9.89. The summed E-state index contributed by atoms with van der Waals surface area (Å²) in [7, 11) is 0. The van der Waals surface area contributed by atoms with Crippen molar-refractivity contribution in [2.75, 3.05) is 6.61 Å². The van der Waals surface area contributed by atoms with Gasteiger partial charge in [0, 0.05) is 0 Å². The molecule has 0 aliphatic heterocycles. The van der Waals surface area contributed by atoms with Gasteiger partial charge < -0.3 is 9.84 Å². The van der Waals surface area contributed by atoms with E-state index in [1.165, 1.54) is 19.3 Å². The van der Waals surface area contributed by atoms with E-state index < -0.39 is 0 Å². The number of aliphatic hydroxyl groups excluding tert-OH is 1. The third-order valence-corrected chi connectivity index (χ3v) is 2.86. The molecule has 2 atom stereocenters. The van der Waals surface area contributed by atoms with E-state index in [-0.39, 0.29) is 11.7 Å². The monoisotopic (exact) mass is 230 g/mol. The number of ether oxygens (including phenoxy) is 1. The Kier molecular flexibility index (Phi) is 8.04. The number of unbranched alkanes of at least 4 members (excludes halogenated alkanes) is 1. The molecule has 0 aliphatic carbocycles. The van der Waals surface area contributed by atoms with E-state index in [1.54, 1.807) is 0 Å². The molecule has 2 heteroatoms. The fourth-order valence-electron chi connectivity index (χ4n) is 1.78. The molecular weight excluding hydrogens is 200 g/mol. The van der Waals surface area contributed by atoms with Gasteiger partial charge in [-0.2, -0.15) is 0 Å². The second-order valence-corrected chi connectivity index (χ2v) is 5.73. The minimum absolute atomic E-state index is 0.147. The van der Waals surface area contributed by atoms with Crippen LogP contribution in [0.25, 0.3) is 0 Å². The van der Waals surface area contributed by atoms with E-state index in [2.05, 4.69) is 13.8 Å². The lowest BCUT2D eigenvalue weighted by Gasteiger charge is -2.24. The van der Waals surface area contributed by atoms with E-state index in [0.717, 1.165) is 12.8 Å². The number of aliphatic hydroxyl groups is 1. The number of hydrogen-bond acceptors (Lipinski definition) is 2. The highest BCUT2D eigenvalue weighted by molar-refractivity contribution is 4.66. The third kappa shape index (κ3) is 9.17. The van der Waals surface area contributed by atoms with Crippen molar-refractivity contribution in [2.24, 2.45) is 5.92 Å². The highest BCUT2D eigenvalue weighted by atomic mass is 16.5. The van der Waals surface area contributed by atoms with Gasteiger partial charge in [0.25, 0.3) is 0 Å². The lowest BCUT2D eigenvalue weighted by atomic mass is 9.93. The Morgan fingerprint density at radius 2 is 1.81 bits per heavy atom. The van der Waals surface area contributed by atoms with Gasteiger partial charge >= 0.3 is 0 Å². The topological polar surface area (TPSA) is 29.5 Å². The maximum atomic E-state index is 9.89. The Bertz CT molecular complexity index is 161. The molecule has 0 rings (SSSR count). The van der Waals surface area contributed by atoms with Gasteiger partial charge in [-0.15, -0.1) is 0 Å². The Morgan fingerprint density at radius 1 is 1.19 bits per heavy atom. The van der Waals surface area contributed by atoms with Gasteiger partial charge in [-0.05, 0) is 33.1 Å². The van der Waals surface area contributed by atoms with Crippen molar-refractivity contribution in [1.82, 2.24) is 0 Å². The van der Waals surface area contributed by atoms with Crippen LogP contribution in [0.3, 0.4) is 0 Å². The minimum atomic E-state index is -0.305. The van der Waals surface area contributed by atoms with Crippen molar-refractivity contribution in [2.45, 2.75) is 78.4 Å². The van der Waals surface area contributed by atoms with Crippen molar-refractivity contribution in [3.05, 3.63) is 0 Å². The van der Waals surface area contributed by atoms with Crippen LogP contribution in [0.15, 0.2) is 0 Å². The Labute approximate surface area is 101 Å². The first-order valence-electron chi connectivity index (χ1n) is 6.71. The minimum Gasteiger partial charge on any atom is -0.391 e. The molecule has 98 valence electrons. The smallest absolute Gasteiger partial charge is 0.0776 e. The predicted molar refractivity (Wildman–Crippen MR) is 69.6 cm³/mol. The van der Waals surface area contributed by atoms with Crippen molar-refractivity contribution in [1.29, 1.82) is 0 Å². The summed E-state index contributed by atoms with van der Waals surface area (Å²) in [5.41, 5.74) is -0.147. The van der Waals surface area contributed by atoms with E-state index in [9.17, 15) is 5.11 Å². The number of rotatable bonds is 8. The molecule has 0 aromatic carbocycles. The zero-order valence-electron chi connectivity index (χ0n) is 11.8. The van der Waals surface area contributed by atoms with Gasteiger partial charge in [0.1, 0.15) is 0 Å². The zero-order chi connectivity index (χ0) is 12.6. The van der Waals surface area contributed by atoms with Crippen molar-refractivity contribution in [3.63, 3.8) is 0 Å². The first-order chi connectivity index (χ1) is 7.39. The molecule has 0 heterocycles. The predicted octanol–water partition coefficient (Wildman–Crippen LogP) is 3.77. The van der Waals surface area contributed by atoms with Crippen LogP contribution in [-0.2, 0) is 4.74 Å². The van der Waals surface area contributed by atoms with Crippen LogP contribution in [0.4, 0.5) is 0 Å². The van der Waals surface area contributed by atoms with Crippen LogP contribution >= 0.6 is 0 Å². The van der Waals surface area contributed by atoms with E-state index in [1.807, 2.05) is 20.8 Å². The largest absolute Gasteiger partial charge is 0.391 e. The summed E-state index contributed by atoms with van der Waals surface area (Å²) in [4.78, 5) is 0. The van der Waals surface area contributed by atoms with E-state index >= 15 is 0 Å². The van der Waals surface area contributed by atoms with Crippen molar-refractivity contribution in [3.8, 4) is 0 Å². The molecule has 16 heavy (non-hydrogen) atoms. The molecule has 2 nitrogen and oxygen atoms in total. The third-order valence-electron chi connectivity index (χ3n) is 2.86. The normalized spacial score (nSPS) is 16.1.